The fraction of sp³-hybridized carbons (Fsp3) is 0.143. The van der Waals surface area contributed by atoms with Gasteiger partial charge in [-0.15, -0.1) is 0 Å². The van der Waals surface area contributed by atoms with Crippen LogP contribution in [0.15, 0.2) is 35.4 Å². The van der Waals surface area contributed by atoms with Crippen molar-refractivity contribution < 1.29 is 0 Å². The number of rotatable bonds is 2. The summed E-state index contributed by atoms with van der Waals surface area (Å²) in [5.41, 5.74) is 1.02. The van der Waals surface area contributed by atoms with Crippen molar-refractivity contribution in [3.63, 3.8) is 0 Å². The summed E-state index contributed by atoms with van der Waals surface area (Å²) in [4.78, 5) is 0. The van der Waals surface area contributed by atoms with E-state index in [2.05, 4.69) is 29.1 Å². The summed E-state index contributed by atoms with van der Waals surface area (Å²) in [5.74, 6) is 0. The summed E-state index contributed by atoms with van der Waals surface area (Å²) < 4.78 is 0.977. The van der Waals surface area contributed by atoms with E-state index in [0.29, 0.717) is 0 Å². The van der Waals surface area contributed by atoms with Crippen molar-refractivity contribution in [1.29, 1.82) is 0 Å². The van der Waals surface area contributed by atoms with Gasteiger partial charge in [0.15, 0.2) is 0 Å². The molecule has 0 aromatic carbocycles. The molecule has 0 aromatic heterocycles. The molecule has 0 unspecified atom stereocenters. The summed E-state index contributed by atoms with van der Waals surface area (Å²) in [7, 11) is 0. The van der Waals surface area contributed by atoms with Crippen LogP contribution in [-0.4, -0.2) is 0 Å². The molecule has 0 aliphatic rings. The van der Waals surface area contributed by atoms with Crippen LogP contribution in [0.3, 0.4) is 0 Å². The lowest BCUT2D eigenvalue weighted by Gasteiger charge is -1.85. The summed E-state index contributed by atoms with van der Waals surface area (Å²) in [6.07, 6.45) is 3.64. The fourth-order valence-corrected chi connectivity index (χ4v) is 0.685. The maximum atomic E-state index is 3.69. The fourth-order valence-electron chi connectivity index (χ4n) is 0.294. The molecule has 8 heavy (non-hydrogen) atoms. The van der Waals surface area contributed by atoms with Crippen LogP contribution < -0.4 is 0 Å². The van der Waals surface area contributed by atoms with Crippen LogP contribution in [0.2, 0.25) is 0 Å². The Balaban J connectivity index is 3.94. The predicted molar refractivity (Wildman–Crippen MR) is 42.0 cm³/mol. The van der Waals surface area contributed by atoms with Gasteiger partial charge >= 0.3 is 0 Å². The molecule has 0 aromatic rings. The number of halogens is 1. The molecule has 0 aliphatic heterocycles. The second-order valence-corrected chi connectivity index (χ2v) is 2.50. The minimum atomic E-state index is 0.977. The largest absolute Gasteiger partial charge is 0.0979 e. The molecule has 0 bridgehead atoms. The highest BCUT2D eigenvalue weighted by Gasteiger charge is 1.79. The Labute approximate surface area is 58.7 Å². The first kappa shape index (κ1) is 7.70. The van der Waals surface area contributed by atoms with Gasteiger partial charge in [-0.3, -0.25) is 0 Å². The molecule has 0 nitrogen and oxygen atoms in total. The van der Waals surface area contributed by atoms with Crippen LogP contribution in [-0.2, 0) is 0 Å². The van der Waals surface area contributed by atoms with E-state index in [4.69, 9.17) is 0 Å². The van der Waals surface area contributed by atoms with E-state index in [-0.39, 0.29) is 0 Å². The van der Waals surface area contributed by atoms with E-state index in [1.165, 1.54) is 0 Å². The van der Waals surface area contributed by atoms with Crippen LogP contribution in [0.25, 0.3) is 0 Å². The standard InChI is InChI=1S/C7H9Br/c1-4-7(8)5-6(2)3/h4-5H,1-2H2,3H3/b7-5+. The van der Waals surface area contributed by atoms with Crippen LogP contribution in [0, 0.1) is 0 Å². The average Bonchev–Trinajstić information content (AvgIpc) is 1.65. The second kappa shape index (κ2) is 3.67. The summed E-state index contributed by atoms with van der Waals surface area (Å²) in [5, 5.41) is 0. The highest BCUT2D eigenvalue weighted by molar-refractivity contribution is 9.11. The maximum Gasteiger partial charge on any atom is 0.0171 e. The van der Waals surface area contributed by atoms with Gasteiger partial charge in [0.25, 0.3) is 0 Å². The van der Waals surface area contributed by atoms with E-state index < -0.39 is 0 Å². The van der Waals surface area contributed by atoms with E-state index in [1.54, 1.807) is 6.08 Å². The number of hydrogen-bond donors (Lipinski definition) is 0. The molecule has 0 rings (SSSR count). The second-order valence-electron chi connectivity index (χ2n) is 1.58. The Morgan fingerprint density at radius 3 is 2.25 bits per heavy atom. The van der Waals surface area contributed by atoms with Gasteiger partial charge in [-0.25, -0.2) is 0 Å². The zero-order chi connectivity index (χ0) is 6.57. The highest BCUT2D eigenvalue weighted by Crippen LogP contribution is 2.07. The van der Waals surface area contributed by atoms with Crippen molar-refractivity contribution in [2.24, 2.45) is 0 Å². The quantitative estimate of drug-likeness (QED) is 0.563. The van der Waals surface area contributed by atoms with Crippen molar-refractivity contribution in [2.45, 2.75) is 6.92 Å². The topological polar surface area (TPSA) is 0 Å². The predicted octanol–water partition coefficient (Wildman–Crippen LogP) is 3.03. The van der Waals surface area contributed by atoms with Gasteiger partial charge in [0.05, 0.1) is 0 Å². The first-order valence-electron chi connectivity index (χ1n) is 2.32. The van der Waals surface area contributed by atoms with E-state index in [9.17, 15) is 0 Å². The monoisotopic (exact) mass is 172 g/mol. The molecule has 0 aliphatic carbocycles. The van der Waals surface area contributed by atoms with E-state index in [0.717, 1.165) is 10.1 Å². The SMILES string of the molecule is C=C/C(Br)=C\C(=C)C. The first-order chi connectivity index (χ1) is 3.66. The van der Waals surface area contributed by atoms with Gasteiger partial charge in [0.2, 0.25) is 0 Å². The molecular formula is C7H9Br. The summed E-state index contributed by atoms with van der Waals surface area (Å²) in [6, 6.07) is 0. The first-order valence-corrected chi connectivity index (χ1v) is 3.11. The molecule has 0 spiro atoms. The Hall–Kier alpha value is -0.300. The Kier molecular flexibility index (Phi) is 3.53. The number of hydrogen-bond acceptors (Lipinski definition) is 0. The maximum absolute atomic E-state index is 3.69. The Morgan fingerprint density at radius 1 is 1.62 bits per heavy atom. The lowest BCUT2D eigenvalue weighted by molar-refractivity contribution is 1.56. The normalized spacial score (nSPS) is 11.0. The summed E-state index contributed by atoms with van der Waals surface area (Å²) in [6.45, 7) is 9.18. The molecule has 0 atom stereocenters. The molecule has 0 fully saturated rings. The van der Waals surface area contributed by atoms with Crippen LogP contribution >= 0.6 is 15.9 Å². The van der Waals surface area contributed by atoms with Crippen molar-refractivity contribution >= 4 is 15.9 Å². The van der Waals surface area contributed by atoms with Gasteiger partial charge in [-0.2, -0.15) is 0 Å². The van der Waals surface area contributed by atoms with Gasteiger partial charge < -0.3 is 0 Å². The molecular weight excluding hydrogens is 164 g/mol. The molecule has 0 radical (unpaired) electrons. The van der Waals surface area contributed by atoms with Crippen LogP contribution in [0.1, 0.15) is 6.92 Å². The highest BCUT2D eigenvalue weighted by atomic mass is 79.9. The third-order valence-electron chi connectivity index (χ3n) is 0.579. The van der Waals surface area contributed by atoms with Crippen molar-refractivity contribution in [3.8, 4) is 0 Å². The Bertz CT molecular complexity index is 131. The zero-order valence-corrected chi connectivity index (χ0v) is 6.53. The van der Waals surface area contributed by atoms with Gasteiger partial charge in [-0.05, 0) is 13.0 Å². The summed E-state index contributed by atoms with van der Waals surface area (Å²) >= 11 is 3.26. The van der Waals surface area contributed by atoms with Crippen molar-refractivity contribution in [1.82, 2.24) is 0 Å². The van der Waals surface area contributed by atoms with Gasteiger partial charge in [0.1, 0.15) is 0 Å². The van der Waals surface area contributed by atoms with E-state index >= 15 is 0 Å². The average molecular weight is 173 g/mol. The molecule has 0 saturated carbocycles. The zero-order valence-electron chi connectivity index (χ0n) is 4.95. The Morgan fingerprint density at radius 2 is 2.12 bits per heavy atom. The molecule has 0 saturated heterocycles. The van der Waals surface area contributed by atoms with E-state index in [1.807, 2.05) is 13.0 Å². The minimum absolute atomic E-state index is 0.977. The molecule has 1 heteroatoms. The van der Waals surface area contributed by atoms with Crippen LogP contribution in [0.4, 0.5) is 0 Å². The van der Waals surface area contributed by atoms with Crippen LogP contribution in [0.5, 0.6) is 0 Å². The van der Waals surface area contributed by atoms with Gasteiger partial charge in [-0.1, -0.05) is 40.7 Å². The van der Waals surface area contributed by atoms with Gasteiger partial charge in [0, 0.05) is 4.48 Å². The third kappa shape index (κ3) is 3.88. The third-order valence-corrected chi connectivity index (χ3v) is 1.13. The molecule has 0 heterocycles. The lowest BCUT2D eigenvalue weighted by atomic mass is 10.3. The molecule has 44 valence electrons. The number of allylic oxidation sites excluding steroid dienone is 4. The van der Waals surface area contributed by atoms with Crippen molar-refractivity contribution in [2.75, 3.05) is 0 Å². The minimum Gasteiger partial charge on any atom is -0.0979 e. The lowest BCUT2D eigenvalue weighted by Crippen LogP contribution is -1.62. The van der Waals surface area contributed by atoms with Crippen molar-refractivity contribution in [3.05, 3.63) is 35.4 Å². The molecule has 0 N–H and O–H groups in total. The molecule has 0 amide bonds. The smallest absolute Gasteiger partial charge is 0.0171 e.